The van der Waals surface area contributed by atoms with Crippen molar-refractivity contribution in [1.82, 2.24) is 19.5 Å². The van der Waals surface area contributed by atoms with Crippen LogP contribution in [-0.4, -0.2) is 32.6 Å². The molecule has 0 aliphatic carbocycles. The number of hydrogen-bond acceptors (Lipinski definition) is 4. The second kappa shape index (κ2) is 5.75. The summed E-state index contributed by atoms with van der Waals surface area (Å²) in [5.74, 6) is 1.63. The van der Waals surface area contributed by atoms with Crippen molar-refractivity contribution in [2.75, 3.05) is 18.0 Å². The number of hydrogen-bond donors (Lipinski definition) is 0. The van der Waals surface area contributed by atoms with Gasteiger partial charge in [0.25, 0.3) is 0 Å². The number of piperidine rings is 1. The molecule has 0 saturated carbocycles. The van der Waals surface area contributed by atoms with E-state index in [1.807, 2.05) is 49.2 Å². The van der Waals surface area contributed by atoms with Gasteiger partial charge in [0.1, 0.15) is 5.82 Å². The number of anilines is 1. The van der Waals surface area contributed by atoms with E-state index in [2.05, 4.69) is 19.4 Å². The molecule has 0 N–H and O–H groups in total. The van der Waals surface area contributed by atoms with Gasteiger partial charge in [-0.15, -0.1) is 0 Å². The molecule has 1 aliphatic rings. The number of rotatable bonds is 3. The van der Waals surface area contributed by atoms with Crippen molar-refractivity contribution in [3.8, 4) is 0 Å². The molecule has 0 radical (unpaired) electrons. The number of imidazole rings is 1. The van der Waals surface area contributed by atoms with Gasteiger partial charge in [0.05, 0.1) is 23.6 Å². The third-order valence-corrected chi connectivity index (χ3v) is 4.31. The fourth-order valence-corrected chi connectivity index (χ4v) is 3.21. The molecule has 1 saturated heterocycles. The summed E-state index contributed by atoms with van der Waals surface area (Å²) >= 11 is 0. The zero-order chi connectivity index (χ0) is 14.8. The van der Waals surface area contributed by atoms with Crippen LogP contribution in [0.25, 0.3) is 11.0 Å². The van der Waals surface area contributed by atoms with E-state index in [9.17, 15) is 0 Å². The topological polar surface area (TPSA) is 46.8 Å². The average Bonchev–Trinajstić information content (AvgIpc) is 3.08. The molecular formula is C17H19N5. The van der Waals surface area contributed by atoms with Gasteiger partial charge in [-0.05, 0) is 30.9 Å². The molecule has 22 heavy (non-hydrogen) atoms. The van der Waals surface area contributed by atoms with Gasteiger partial charge in [-0.1, -0.05) is 12.1 Å². The second-order valence-corrected chi connectivity index (χ2v) is 5.93. The van der Waals surface area contributed by atoms with Gasteiger partial charge >= 0.3 is 0 Å². The monoisotopic (exact) mass is 293 g/mol. The quantitative estimate of drug-likeness (QED) is 0.745. The number of aromatic nitrogens is 4. The highest BCUT2D eigenvalue weighted by Crippen LogP contribution is 2.23. The Morgan fingerprint density at radius 3 is 2.95 bits per heavy atom. The number of para-hydroxylation sites is 2. The van der Waals surface area contributed by atoms with Gasteiger partial charge in [-0.3, -0.25) is 4.98 Å². The summed E-state index contributed by atoms with van der Waals surface area (Å²) in [6.07, 6.45) is 10.1. The lowest BCUT2D eigenvalue weighted by Crippen LogP contribution is -2.37. The SMILES string of the molecule is c1ccc2nc(N3CCCC(Cn4ccnc4)C3)cnc2c1. The lowest BCUT2D eigenvalue weighted by atomic mass is 9.98. The Hall–Kier alpha value is -2.43. The van der Waals surface area contributed by atoms with Gasteiger partial charge in [0, 0.05) is 32.0 Å². The number of fused-ring (bicyclic) bond motifs is 1. The van der Waals surface area contributed by atoms with Crippen LogP contribution in [0.1, 0.15) is 12.8 Å². The highest BCUT2D eigenvalue weighted by atomic mass is 15.2. The van der Waals surface area contributed by atoms with E-state index in [1.54, 1.807) is 0 Å². The molecule has 112 valence electrons. The van der Waals surface area contributed by atoms with E-state index in [0.717, 1.165) is 36.5 Å². The summed E-state index contributed by atoms with van der Waals surface area (Å²) in [4.78, 5) is 15.8. The van der Waals surface area contributed by atoms with Crippen molar-refractivity contribution in [3.63, 3.8) is 0 Å². The molecule has 1 aromatic carbocycles. The van der Waals surface area contributed by atoms with Crippen LogP contribution in [0.15, 0.2) is 49.2 Å². The molecule has 3 heterocycles. The highest BCUT2D eigenvalue weighted by molar-refractivity contribution is 5.75. The summed E-state index contributed by atoms with van der Waals surface area (Å²) in [7, 11) is 0. The zero-order valence-electron chi connectivity index (χ0n) is 12.5. The third-order valence-electron chi connectivity index (χ3n) is 4.31. The van der Waals surface area contributed by atoms with Crippen LogP contribution >= 0.6 is 0 Å². The molecule has 0 amide bonds. The molecule has 1 aliphatic heterocycles. The average molecular weight is 293 g/mol. The molecule has 2 aromatic heterocycles. The first-order valence-corrected chi connectivity index (χ1v) is 7.81. The van der Waals surface area contributed by atoms with Crippen LogP contribution in [0.4, 0.5) is 5.82 Å². The molecule has 5 heteroatoms. The predicted octanol–water partition coefficient (Wildman–Crippen LogP) is 2.74. The van der Waals surface area contributed by atoms with Crippen molar-refractivity contribution in [2.45, 2.75) is 19.4 Å². The minimum atomic E-state index is 0.635. The fourth-order valence-electron chi connectivity index (χ4n) is 3.21. The van der Waals surface area contributed by atoms with Crippen LogP contribution in [0.2, 0.25) is 0 Å². The van der Waals surface area contributed by atoms with Gasteiger partial charge in [0.15, 0.2) is 0 Å². The number of nitrogens with zero attached hydrogens (tertiary/aromatic N) is 5. The van der Waals surface area contributed by atoms with Crippen molar-refractivity contribution in [3.05, 3.63) is 49.2 Å². The Kier molecular flexibility index (Phi) is 3.46. The first-order chi connectivity index (χ1) is 10.9. The standard InChI is InChI=1S/C17H19N5/c1-2-6-16-15(5-1)19-10-17(20-16)22-8-3-4-14(12-22)11-21-9-7-18-13-21/h1-2,5-7,9-10,13-14H,3-4,8,11-12H2. The highest BCUT2D eigenvalue weighted by Gasteiger charge is 2.21. The molecule has 0 spiro atoms. The minimum Gasteiger partial charge on any atom is -0.355 e. The van der Waals surface area contributed by atoms with E-state index in [0.29, 0.717) is 5.92 Å². The van der Waals surface area contributed by atoms with Gasteiger partial charge in [0.2, 0.25) is 0 Å². The normalized spacial score (nSPS) is 18.7. The Morgan fingerprint density at radius 2 is 2.09 bits per heavy atom. The Balaban J connectivity index is 1.53. The predicted molar refractivity (Wildman–Crippen MR) is 86.7 cm³/mol. The Labute approximate surface area is 129 Å². The van der Waals surface area contributed by atoms with Gasteiger partial charge < -0.3 is 9.47 Å². The molecule has 5 nitrogen and oxygen atoms in total. The van der Waals surface area contributed by atoms with Crippen LogP contribution in [0, 0.1) is 5.92 Å². The molecule has 4 rings (SSSR count). The van der Waals surface area contributed by atoms with Gasteiger partial charge in [-0.2, -0.15) is 0 Å². The maximum Gasteiger partial charge on any atom is 0.147 e. The minimum absolute atomic E-state index is 0.635. The lowest BCUT2D eigenvalue weighted by molar-refractivity contribution is 0.365. The molecule has 1 fully saturated rings. The smallest absolute Gasteiger partial charge is 0.147 e. The first kappa shape index (κ1) is 13.2. The number of benzene rings is 1. The molecule has 1 unspecified atom stereocenters. The van der Waals surface area contributed by atoms with E-state index in [4.69, 9.17) is 4.98 Å². The van der Waals surface area contributed by atoms with Crippen molar-refractivity contribution >= 4 is 16.9 Å². The van der Waals surface area contributed by atoms with Crippen molar-refractivity contribution in [1.29, 1.82) is 0 Å². The zero-order valence-corrected chi connectivity index (χ0v) is 12.5. The molecule has 1 atom stereocenters. The molecule has 3 aromatic rings. The summed E-state index contributed by atoms with van der Waals surface area (Å²) in [6.45, 7) is 3.12. The Morgan fingerprint density at radius 1 is 1.18 bits per heavy atom. The first-order valence-electron chi connectivity index (χ1n) is 7.81. The van der Waals surface area contributed by atoms with Crippen LogP contribution in [0.3, 0.4) is 0 Å². The summed E-state index contributed by atoms with van der Waals surface area (Å²) in [6, 6.07) is 8.04. The van der Waals surface area contributed by atoms with Crippen LogP contribution < -0.4 is 4.90 Å². The van der Waals surface area contributed by atoms with E-state index >= 15 is 0 Å². The lowest BCUT2D eigenvalue weighted by Gasteiger charge is -2.33. The van der Waals surface area contributed by atoms with Crippen LogP contribution in [0.5, 0.6) is 0 Å². The van der Waals surface area contributed by atoms with E-state index in [-0.39, 0.29) is 0 Å². The summed E-state index contributed by atoms with van der Waals surface area (Å²) < 4.78 is 2.17. The van der Waals surface area contributed by atoms with E-state index in [1.165, 1.54) is 12.8 Å². The summed E-state index contributed by atoms with van der Waals surface area (Å²) in [5.41, 5.74) is 1.93. The van der Waals surface area contributed by atoms with E-state index < -0.39 is 0 Å². The maximum absolute atomic E-state index is 4.77. The molecular weight excluding hydrogens is 274 g/mol. The van der Waals surface area contributed by atoms with Crippen molar-refractivity contribution in [2.24, 2.45) is 5.92 Å². The largest absolute Gasteiger partial charge is 0.355 e. The molecule has 0 bridgehead atoms. The Bertz CT molecular complexity index is 753. The van der Waals surface area contributed by atoms with Crippen molar-refractivity contribution < 1.29 is 0 Å². The van der Waals surface area contributed by atoms with Crippen LogP contribution in [-0.2, 0) is 6.54 Å². The third kappa shape index (κ3) is 2.66. The second-order valence-electron chi connectivity index (χ2n) is 5.93. The van der Waals surface area contributed by atoms with Gasteiger partial charge in [-0.25, -0.2) is 9.97 Å². The fraction of sp³-hybridized carbons (Fsp3) is 0.353. The summed E-state index contributed by atoms with van der Waals surface area (Å²) in [5, 5.41) is 0. The maximum atomic E-state index is 4.77.